The molecule has 1 heterocycles. The average molecular weight is 611 g/mol. The molecule has 3 atom stereocenters. The van der Waals surface area contributed by atoms with E-state index in [1.807, 2.05) is 0 Å². The van der Waals surface area contributed by atoms with Gasteiger partial charge in [-0.15, -0.1) is 0 Å². The zero-order chi connectivity index (χ0) is 30.5. The molecular formula is C24H34N8O7S2. The molecule has 5 amide bonds. The van der Waals surface area contributed by atoms with Gasteiger partial charge in [0.15, 0.2) is 5.96 Å². The maximum atomic E-state index is 13.5. The molecule has 0 saturated carbocycles. The highest BCUT2D eigenvalue weighted by molar-refractivity contribution is 8.76. The van der Waals surface area contributed by atoms with Crippen LogP contribution in [0.2, 0.25) is 0 Å². The van der Waals surface area contributed by atoms with Gasteiger partial charge in [0.05, 0.1) is 18.7 Å². The zero-order valence-electron chi connectivity index (χ0n) is 22.5. The van der Waals surface area contributed by atoms with Crippen molar-refractivity contribution in [1.82, 2.24) is 20.9 Å². The Morgan fingerprint density at radius 3 is 2.54 bits per heavy atom. The summed E-state index contributed by atoms with van der Waals surface area (Å²) in [6, 6.07) is 3.22. The first kappa shape index (κ1) is 33.2. The Morgan fingerprint density at radius 2 is 1.88 bits per heavy atom. The maximum absolute atomic E-state index is 13.5. The molecule has 1 aliphatic heterocycles. The summed E-state index contributed by atoms with van der Waals surface area (Å²) in [4.78, 5) is 81.2. The number of hydrogen-bond acceptors (Lipinski definition) is 9. The molecule has 1 aromatic carbocycles. The molecule has 224 valence electrons. The highest BCUT2D eigenvalue weighted by Gasteiger charge is 2.32. The van der Waals surface area contributed by atoms with E-state index < -0.39 is 66.6 Å². The van der Waals surface area contributed by atoms with E-state index in [1.165, 1.54) is 40.5 Å². The monoisotopic (exact) mass is 610 g/mol. The van der Waals surface area contributed by atoms with Crippen LogP contribution in [-0.4, -0.2) is 95.5 Å². The summed E-state index contributed by atoms with van der Waals surface area (Å²) in [5.41, 5.74) is 11.1. The molecule has 0 bridgehead atoms. The number of likely N-dealkylation sites (N-methyl/N-ethyl adjacent to an activating group) is 1. The Bertz CT molecular complexity index is 1180. The van der Waals surface area contributed by atoms with Gasteiger partial charge in [-0.05, 0) is 25.0 Å². The Labute approximate surface area is 244 Å². The zero-order valence-corrected chi connectivity index (χ0v) is 24.2. The topological polar surface area (TPSA) is 238 Å². The lowest BCUT2D eigenvalue weighted by Gasteiger charge is -2.30. The highest BCUT2D eigenvalue weighted by atomic mass is 33.1. The fourth-order valence-corrected chi connectivity index (χ4v) is 6.08. The Balaban J connectivity index is 2.42. The molecule has 0 spiro atoms. The lowest BCUT2D eigenvalue weighted by atomic mass is 10.1. The van der Waals surface area contributed by atoms with Gasteiger partial charge in [0.1, 0.15) is 18.1 Å². The normalized spacial score (nSPS) is 20.9. The lowest BCUT2D eigenvalue weighted by molar-refractivity contribution is -0.141. The standard InChI is InChI=1S/C24H34N8O7S2/c1-13(33)29-16-12-40-41-18-8-4-3-6-14(18)31-21(37)15(10-20(35)36)30-19(34)11-28-22(38)17(32(2)23(16)39)7-5-9-27-24(25)26/h3-4,6,8,15-17H,5,7,9-12H2,1-2H3,(H,28,38)(H,29,33)(H,30,34)(H,31,37)(H,35,36)(H4,25,26,27)/t15-,16-,17-/m0/s1. The van der Waals surface area contributed by atoms with E-state index in [4.69, 9.17) is 11.5 Å². The minimum Gasteiger partial charge on any atom is -0.481 e. The van der Waals surface area contributed by atoms with E-state index in [9.17, 15) is 33.9 Å². The molecule has 0 fully saturated rings. The third-order valence-electron chi connectivity index (χ3n) is 5.71. The van der Waals surface area contributed by atoms with Crippen molar-refractivity contribution in [3.05, 3.63) is 24.3 Å². The number of carbonyl (C=O) groups excluding carboxylic acids is 5. The van der Waals surface area contributed by atoms with Crippen molar-refractivity contribution in [2.75, 3.05) is 31.2 Å². The second kappa shape index (κ2) is 16.3. The summed E-state index contributed by atoms with van der Waals surface area (Å²) < 4.78 is 0. The number of aliphatic carboxylic acids is 1. The molecule has 2 rings (SSSR count). The van der Waals surface area contributed by atoms with Crippen molar-refractivity contribution in [2.24, 2.45) is 16.5 Å². The van der Waals surface area contributed by atoms with Gasteiger partial charge in [0.2, 0.25) is 29.5 Å². The van der Waals surface area contributed by atoms with E-state index in [2.05, 4.69) is 26.3 Å². The van der Waals surface area contributed by atoms with Crippen molar-refractivity contribution in [1.29, 1.82) is 0 Å². The van der Waals surface area contributed by atoms with E-state index in [-0.39, 0.29) is 24.7 Å². The Morgan fingerprint density at radius 1 is 1.17 bits per heavy atom. The molecule has 9 N–H and O–H groups in total. The van der Waals surface area contributed by atoms with Gasteiger partial charge < -0.3 is 42.7 Å². The van der Waals surface area contributed by atoms with Gasteiger partial charge in [0.25, 0.3) is 0 Å². The summed E-state index contributed by atoms with van der Waals surface area (Å²) in [6.45, 7) is 0.859. The quantitative estimate of drug-likeness (QED) is 0.0841. The maximum Gasteiger partial charge on any atom is 0.305 e. The number of benzene rings is 1. The van der Waals surface area contributed by atoms with Crippen LogP contribution in [0.25, 0.3) is 0 Å². The van der Waals surface area contributed by atoms with Crippen LogP contribution in [-0.2, 0) is 28.8 Å². The van der Waals surface area contributed by atoms with Crippen LogP contribution in [0.5, 0.6) is 0 Å². The van der Waals surface area contributed by atoms with Gasteiger partial charge in [-0.1, -0.05) is 33.7 Å². The fourth-order valence-electron chi connectivity index (χ4n) is 3.76. The van der Waals surface area contributed by atoms with Crippen LogP contribution in [0.4, 0.5) is 5.69 Å². The first-order valence-electron chi connectivity index (χ1n) is 12.5. The summed E-state index contributed by atoms with van der Waals surface area (Å²) in [5.74, 6) is -4.58. The number of nitrogens with two attached hydrogens (primary N) is 2. The van der Waals surface area contributed by atoms with E-state index in [0.29, 0.717) is 17.0 Å². The summed E-state index contributed by atoms with van der Waals surface area (Å²) >= 11 is 0. The smallest absolute Gasteiger partial charge is 0.305 e. The van der Waals surface area contributed by atoms with Crippen molar-refractivity contribution >= 4 is 68.7 Å². The number of nitrogens with one attached hydrogen (secondary N) is 4. The molecule has 1 aliphatic rings. The highest BCUT2D eigenvalue weighted by Crippen LogP contribution is 2.36. The number of rotatable bonds is 7. The summed E-state index contributed by atoms with van der Waals surface area (Å²) in [7, 11) is 3.85. The Hall–Kier alpha value is -3.99. The first-order chi connectivity index (χ1) is 19.4. The molecule has 0 radical (unpaired) electrons. The number of nitrogens with zero attached hydrogens (tertiary/aromatic N) is 2. The van der Waals surface area contributed by atoms with E-state index in [1.54, 1.807) is 24.3 Å². The number of hydrogen-bond donors (Lipinski definition) is 7. The molecule has 1 aromatic rings. The van der Waals surface area contributed by atoms with Crippen molar-refractivity contribution in [2.45, 2.75) is 49.2 Å². The van der Waals surface area contributed by atoms with Crippen molar-refractivity contribution in [3.63, 3.8) is 0 Å². The Kier molecular flexibility index (Phi) is 13.2. The number of aliphatic imine (C=N–C) groups is 1. The van der Waals surface area contributed by atoms with Crippen LogP contribution in [0, 0.1) is 0 Å². The molecule has 15 nitrogen and oxygen atoms in total. The largest absolute Gasteiger partial charge is 0.481 e. The number of fused-ring (bicyclic) bond motifs is 1. The van der Waals surface area contributed by atoms with E-state index in [0.717, 1.165) is 0 Å². The summed E-state index contributed by atoms with van der Waals surface area (Å²) in [6.07, 6.45) is -0.260. The SMILES string of the molecule is CC(=O)N[C@H]1CSSc2ccccc2NC(=O)[C@H](CC(=O)O)NC(=O)CNC(=O)[C@H](CCCN=C(N)N)N(C)C1=O. The number of amides is 5. The molecular weight excluding hydrogens is 576 g/mol. The van der Waals surface area contributed by atoms with Crippen LogP contribution < -0.4 is 32.7 Å². The average Bonchev–Trinajstić information content (AvgIpc) is 2.90. The van der Waals surface area contributed by atoms with Gasteiger partial charge in [-0.3, -0.25) is 33.8 Å². The molecule has 41 heavy (non-hydrogen) atoms. The fraction of sp³-hybridized carbons (Fsp3) is 0.458. The van der Waals surface area contributed by atoms with Crippen molar-refractivity contribution < 1.29 is 33.9 Å². The minimum atomic E-state index is -1.43. The lowest BCUT2D eigenvalue weighted by Crippen LogP contribution is -2.56. The minimum absolute atomic E-state index is 0.111. The van der Waals surface area contributed by atoms with Crippen LogP contribution in [0.3, 0.4) is 0 Å². The number of para-hydroxylation sites is 1. The van der Waals surface area contributed by atoms with E-state index >= 15 is 0 Å². The second-order valence-electron chi connectivity index (χ2n) is 8.96. The first-order valence-corrected chi connectivity index (χ1v) is 14.8. The van der Waals surface area contributed by atoms with Crippen molar-refractivity contribution in [3.8, 4) is 0 Å². The van der Waals surface area contributed by atoms with Crippen LogP contribution >= 0.6 is 21.6 Å². The van der Waals surface area contributed by atoms with Gasteiger partial charge in [-0.25, -0.2) is 0 Å². The van der Waals surface area contributed by atoms with Gasteiger partial charge in [-0.2, -0.15) is 0 Å². The third kappa shape index (κ3) is 11.2. The number of carboxylic acids is 1. The number of carbonyl (C=O) groups is 6. The van der Waals surface area contributed by atoms with Crippen LogP contribution in [0.15, 0.2) is 34.2 Å². The van der Waals surface area contributed by atoms with Gasteiger partial charge >= 0.3 is 5.97 Å². The number of guanidine groups is 1. The predicted molar refractivity (Wildman–Crippen MR) is 155 cm³/mol. The molecule has 17 heteroatoms. The molecule has 0 aliphatic carbocycles. The second-order valence-corrected chi connectivity index (χ2v) is 11.3. The molecule has 0 unspecified atom stereocenters. The number of carboxylic acid groups (broad SMARTS) is 1. The predicted octanol–water partition coefficient (Wildman–Crippen LogP) is -1.16. The molecule has 0 saturated heterocycles. The van der Waals surface area contributed by atoms with Gasteiger partial charge in [0, 0.05) is 31.2 Å². The molecule has 0 aromatic heterocycles. The summed E-state index contributed by atoms with van der Waals surface area (Å²) in [5, 5.41) is 19.3. The number of anilines is 1. The third-order valence-corrected chi connectivity index (χ3v) is 8.13. The van der Waals surface area contributed by atoms with Crippen LogP contribution in [0.1, 0.15) is 26.2 Å².